The molecule has 0 aliphatic carbocycles. The number of carbonyl (C=O) groups excluding carboxylic acids is 1. The van der Waals surface area contributed by atoms with Gasteiger partial charge in [-0.05, 0) is 35.9 Å². The standard InChI is InChI=1S/C22H18FN3O4/c1-13-24-25-21(30-13)15-3-5-20-17(10-15)18(12-29-20)14-2-4-16(19(23)11-14)22(27)26-6-8-28-9-7-26/h2-5,10-12H,6-9H2,1H3. The van der Waals surface area contributed by atoms with Gasteiger partial charge in [0.1, 0.15) is 11.4 Å². The van der Waals surface area contributed by atoms with Gasteiger partial charge in [0.2, 0.25) is 11.8 Å². The molecule has 0 unspecified atom stereocenters. The third-order valence-electron chi connectivity index (χ3n) is 5.16. The van der Waals surface area contributed by atoms with Gasteiger partial charge < -0.3 is 18.5 Å². The number of morpholine rings is 1. The van der Waals surface area contributed by atoms with Gasteiger partial charge in [0.15, 0.2) is 0 Å². The number of rotatable bonds is 3. The summed E-state index contributed by atoms with van der Waals surface area (Å²) in [4.78, 5) is 14.2. The molecule has 0 bridgehead atoms. The van der Waals surface area contributed by atoms with Crippen molar-refractivity contribution in [3.05, 3.63) is 59.9 Å². The predicted molar refractivity (Wildman–Crippen MR) is 106 cm³/mol. The Morgan fingerprint density at radius 2 is 1.87 bits per heavy atom. The SMILES string of the molecule is Cc1nnc(-c2ccc3occ(-c4ccc(C(=O)N5CCOCC5)c(F)c4)c3c2)o1. The maximum Gasteiger partial charge on any atom is 0.256 e. The summed E-state index contributed by atoms with van der Waals surface area (Å²) >= 11 is 0. The molecule has 1 aliphatic rings. The van der Waals surface area contributed by atoms with Crippen LogP contribution in [0.1, 0.15) is 16.2 Å². The third kappa shape index (κ3) is 3.25. The Morgan fingerprint density at radius 1 is 1.07 bits per heavy atom. The Hall–Kier alpha value is -3.52. The number of aromatic nitrogens is 2. The molecule has 152 valence electrons. The molecule has 5 rings (SSSR count). The van der Waals surface area contributed by atoms with Gasteiger partial charge >= 0.3 is 0 Å². The average molecular weight is 407 g/mol. The van der Waals surface area contributed by atoms with Crippen molar-refractivity contribution < 1.29 is 22.8 Å². The van der Waals surface area contributed by atoms with Crippen LogP contribution in [0.15, 0.2) is 51.5 Å². The molecular weight excluding hydrogens is 389 g/mol. The topological polar surface area (TPSA) is 81.6 Å². The summed E-state index contributed by atoms with van der Waals surface area (Å²) in [7, 11) is 0. The summed E-state index contributed by atoms with van der Waals surface area (Å²) in [6, 6.07) is 10.1. The van der Waals surface area contributed by atoms with Gasteiger partial charge in [-0.15, -0.1) is 10.2 Å². The van der Waals surface area contributed by atoms with E-state index in [4.69, 9.17) is 13.6 Å². The number of benzene rings is 2. The normalized spacial score (nSPS) is 14.4. The monoisotopic (exact) mass is 407 g/mol. The number of carbonyl (C=O) groups is 1. The average Bonchev–Trinajstić information content (AvgIpc) is 3.39. The highest BCUT2D eigenvalue weighted by Crippen LogP contribution is 2.34. The number of amides is 1. The molecule has 4 aromatic rings. The number of hydrogen-bond acceptors (Lipinski definition) is 6. The first-order valence-corrected chi connectivity index (χ1v) is 9.59. The van der Waals surface area contributed by atoms with Crippen molar-refractivity contribution in [2.24, 2.45) is 0 Å². The van der Waals surface area contributed by atoms with Crippen LogP contribution in [0, 0.1) is 12.7 Å². The second-order valence-electron chi connectivity index (χ2n) is 7.09. The van der Waals surface area contributed by atoms with Crippen LogP contribution in [-0.2, 0) is 4.74 Å². The molecule has 1 amide bonds. The zero-order valence-electron chi connectivity index (χ0n) is 16.2. The Bertz CT molecular complexity index is 1240. The summed E-state index contributed by atoms with van der Waals surface area (Å²) in [5, 5.41) is 8.68. The van der Waals surface area contributed by atoms with E-state index in [-0.39, 0.29) is 11.5 Å². The molecule has 0 saturated carbocycles. The molecule has 30 heavy (non-hydrogen) atoms. The maximum atomic E-state index is 14.9. The van der Waals surface area contributed by atoms with E-state index in [1.807, 2.05) is 12.1 Å². The molecule has 3 heterocycles. The van der Waals surface area contributed by atoms with E-state index in [1.165, 1.54) is 12.1 Å². The fourth-order valence-corrected chi connectivity index (χ4v) is 3.59. The van der Waals surface area contributed by atoms with Gasteiger partial charge in [-0.25, -0.2) is 4.39 Å². The highest BCUT2D eigenvalue weighted by Gasteiger charge is 2.22. The molecule has 7 nitrogen and oxygen atoms in total. The van der Waals surface area contributed by atoms with E-state index in [2.05, 4.69) is 10.2 Å². The fraction of sp³-hybridized carbons (Fsp3) is 0.227. The van der Waals surface area contributed by atoms with Gasteiger partial charge in [-0.1, -0.05) is 6.07 Å². The number of ether oxygens (including phenoxy) is 1. The smallest absolute Gasteiger partial charge is 0.256 e. The Labute approximate surface area is 171 Å². The van der Waals surface area contributed by atoms with E-state index >= 15 is 0 Å². The minimum atomic E-state index is -0.568. The first kappa shape index (κ1) is 18.5. The molecule has 0 radical (unpaired) electrons. The third-order valence-corrected chi connectivity index (χ3v) is 5.16. The minimum absolute atomic E-state index is 0.0514. The lowest BCUT2D eigenvalue weighted by molar-refractivity contribution is 0.0300. The first-order valence-electron chi connectivity index (χ1n) is 9.59. The molecule has 1 fully saturated rings. The summed E-state index contributed by atoms with van der Waals surface area (Å²) in [5.41, 5.74) is 2.77. The molecule has 0 spiro atoms. The quantitative estimate of drug-likeness (QED) is 0.509. The zero-order chi connectivity index (χ0) is 20.7. The minimum Gasteiger partial charge on any atom is -0.464 e. The van der Waals surface area contributed by atoms with E-state index in [1.54, 1.807) is 30.2 Å². The van der Waals surface area contributed by atoms with Crippen LogP contribution in [-0.4, -0.2) is 47.3 Å². The van der Waals surface area contributed by atoms with E-state index < -0.39 is 5.82 Å². The summed E-state index contributed by atoms with van der Waals surface area (Å²) in [5.74, 6) is -0.0187. The molecule has 0 atom stereocenters. The molecule has 2 aromatic carbocycles. The van der Waals surface area contributed by atoms with Crippen molar-refractivity contribution >= 4 is 16.9 Å². The Morgan fingerprint density at radius 3 is 2.60 bits per heavy atom. The van der Waals surface area contributed by atoms with Crippen molar-refractivity contribution in [2.75, 3.05) is 26.3 Å². The summed E-state index contributed by atoms with van der Waals surface area (Å²) in [6.45, 7) is 3.58. The van der Waals surface area contributed by atoms with Gasteiger partial charge in [0, 0.05) is 36.5 Å². The van der Waals surface area contributed by atoms with Crippen molar-refractivity contribution in [1.29, 1.82) is 0 Å². The highest BCUT2D eigenvalue weighted by molar-refractivity contribution is 5.98. The van der Waals surface area contributed by atoms with Crippen molar-refractivity contribution in [3.8, 4) is 22.6 Å². The zero-order valence-corrected chi connectivity index (χ0v) is 16.2. The number of hydrogen-bond donors (Lipinski definition) is 0. The van der Waals surface area contributed by atoms with Crippen LogP contribution < -0.4 is 0 Å². The maximum absolute atomic E-state index is 14.9. The Kier molecular flexibility index (Phi) is 4.55. The van der Waals surface area contributed by atoms with Crippen LogP contribution in [0.2, 0.25) is 0 Å². The molecular formula is C22H18FN3O4. The van der Waals surface area contributed by atoms with Crippen LogP contribution in [0.4, 0.5) is 4.39 Å². The van der Waals surface area contributed by atoms with Gasteiger partial charge in [-0.2, -0.15) is 0 Å². The molecule has 2 aromatic heterocycles. The van der Waals surface area contributed by atoms with Gasteiger partial charge in [-0.3, -0.25) is 4.79 Å². The highest BCUT2D eigenvalue weighted by atomic mass is 19.1. The predicted octanol–water partition coefficient (Wildman–Crippen LogP) is 4.07. The lowest BCUT2D eigenvalue weighted by atomic mass is 10.0. The fourth-order valence-electron chi connectivity index (χ4n) is 3.59. The molecule has 1 saturated heterocycles. The second kappa shape index (κ2) is 7.38. The lowest BCUT2D eigenvalue weighted by Crippen LogP contribution is -2.41. The number of nitrogens with zero attached hydrogens (tertiary/aromatic N) is 3. The largest absolute Gasteiger partial charge is 0.464 e. The molecule has 0 N–H and O–H groups in total. The van der Waals surface area contributed by atoms with Crippen LogP contribution in [0.25, 0.3) is 33.6 Å². The van der Waals surface area contributed by atoms with E-state index in [9.17, 15) is 9.18 Å². The second-order valence-corrected chi connectivity index (χ2v) is 7.09. The van der Waals surface area contributed by atoms with Gasteiger partial charge in [0.25, 0.3) is 5.91 Å². The van der Waals surface area contributed by atoms with E-state index in [0.29, 0.717) is 54.8 Å². The molecule has 8 heteroatoms. The summed E-state index contributed by atoms with van der Waals surface area (Å²) in [6.07, 6.45) is 1.58. The van der Waals surface area contributed by atoms with Gasteiger partial charge in [0.05, 0.1) is 25.0 Å². The van der Waals surface area contributed by atoms with Crippen molar-refractivity contribution in [1.82, 2.24) is 15.1 Å². The van der Waals surface area contributed by atoms with Crippen LogP contribution >= 0.6 is 0 Å². The first-order chi connectivity index (χ1) is 14.6. The number of aryl methyl sites for hydroxylation is 1. The number of fused-ring (bicyclic) bond motifs is 1. The Balaban J connectivity index is 1.50. The summed E-state index contributed by atoms with van der Waals surface area (Å²) < 4.78 is 31.2. The number of furan rings is 1. The van der Waals surface area contributed by atoms with Crippen molar-refractivity contribution in [3.63, 3.8) is 0 Å². The lowest BCUT2D eigenvalue weighted by Gasteiger charge is -2.27. The molecule has 1 aliphatic heterocycles. The number of halogens is 1. The van der Waals surface area contributed by atoms with Crippen LogP contribution in [0.3, 0.4) is 0 Å². The van der Waals surface area contributed by atoms with Crippen molar-refractivity contribution in [2.45, 2.75) is 6.92 Å². The van der Waals surface area contributed by atoms with E-state index in [0.717, 1.165) is 10.9 Å². The van der Waals surface area contributed by atoms with Crippen LogP contribution in [0.5, 0.6) is 0 Å².